The van der Waals surface area contributed by atoms with Crippen LogP contribution in [0.4, 0.5) is 0 Å². The minimum absolute atomic E-state index is 0.0825. The van der Waals surface area contributed by atoms with Gasteiger partial charge >= 0.3 is 0 Å². The number of benzene rings is 1. The quantitative estimate of drug-likeness (QED) is 0.703. The molecule has 0 radical (unpaired) electrons. The van der Waals surface area contributed by atoms with E-state index in [1.165, 1.54) is 5.69 Å². The van der Waals surface area contributed by atoms with Crippen molar-refractivity contribution >= 4 is 21.8 Å². The van der Waals surface area contributed by atoms with Crippen molar-refractivity contribution in [2.24, 2.45) is 0 Å². The van der Waals surface area contributed by atoms with E-state index in [4.69, 9.17) is 9.47 Å². The number of aromatic nitrogens is 1. The Bertz CT molecular complexity index is 787. The third-order valence-corrected chi connectivity index (χ3v) is 5.45. The van der Waals surface area contributed by atoms with Gasteiger partial charge in [-0.1, -0.05) is 15.9 Å². The van der Waals surface area contributed by atoms with Crippen LogP contribution >= 0.6 is 15.9 Å². The molecule has 3 rings (SSSR count). The smallest absolute Gasteiger partial charge is 0.227 e. The predicted molar refractivity (Wildman–Crippen MR) is 105 cm³/mol. The number of amides is 1. The first-order chi connectivity index (χ1) is 12.5. The Hall–Kier alpha value is -1.95. The molecule has 1 aromatic carbocycles. The second kappa shape index (κ2) is 8.16. The monoisotopic (exact) mass is 420 g/mol. The average molecular weight is 421 g/mol. The second-order valence-corrected chi connectivity index (χ2v) is 7.18. The summed E-state index contributed by atoms with van der Waals surface area (Å²) in [6, 6.07) is 8.01. The van der Waals surface area contributed by atoms with E-state index in [9.17, 15) is 4.79 Å². The Morgan fingerprint density at radius 2 is 1.88 bits per heavy atom. The fraction of sp³-hybridized carbons (Fsp3) is 0.450. The molecule has 0 aliphatic carbocycles. The van der Waals surface area contributed by atoms with Gasteiger partial charge in [0, 0.05) is 29.5 Å². The van der Waals surface area contributed by atoms with E-state index in [1.807, 2.05) is 36.9 Å². The van der Waals surface area contributed by atoms with E-state index in [0.29, 0.717) is 31.1 Å². The maximum atomic E-state index is 13.0. The number of carbonyl (C=O) groups is 1. The molecule has 0 N–H and O–H groups in total. The Balaban J connectivity index is 1.80. The van der Waals surface area contributed by atoms with E-state index in [0.717, 1.165) is 23.1 Å². The molecule has 1 aromatic heterocycles. The van der Waals surface area contributed by atoms with Crippen molar-refractivity contribution in [3.63, 3.8) is 0 Å². The molecule has 0 spiro atoms. The molecule has 1 aliphatic rings. The highest BCUT2D eigenvalue weighted by molar-refractivity contribution is 9.10. The summed E-state index contributed by atoms with van der Waals surface area (Å²) >= 11 is 3.58. The van der Waals surface area contributed by atoms with Crippen LogP contribution in [-0.2, 0) is 17.8 Å². The SMILES string of the molecule is CCOc1cc(Br)c(CC(=O)N2CCn3cccc3C2C)cc1OCC. The maximum absolute atomic E-state index is 13.0. The van der Waals surface area contributed by atoms with Gasteiger partial charge in [0.05, 0.1) is 25.7 Å². The van der Waals surface area contributed by atoms with Gasteiger partial charge in [0.25, 0.3) is 0 Å². The summed E-state index contributed by atoms with van der Waals surface area (Å²) in [4.78, 5) is 14.9. The molecule has 0 fully saturated rings. The van der Waals surface area contributed by atoms with Crippen molar-refractivity contribution in [2.45, 2.75) is 39.8 Å². The Labute approximate surface area is 163 Å². The lowest BCUT2D eigenvalue weighted by molar-refractivity contribution is -0.133. The van der Waals surface area contributed by atoms with Crippen LogP contribution < -0.4 is 9.47 Å². The molecule has 5 nitrogen and oxygen atoms in total. The summed E-state index contributed by atoms with van der Waals surface area (Å²) in [5.41, 5.74) is 2.10. The van der Waals surface area contributed by atoms with Crippen LogP contribution in [0.5, 0.6) is 11.5 Å². The molecule has 0 saturated heterocycles. The van der Waals surface area contributed by atoms with Gasteiger partial charge in [-0.05, 0) is 50.6 Å². The van der Waals surface area contributed by atoms with E-state index in [-0.39, 0.29) is 11.9 Å². The minimum Gasteiger partial charge on any atom is -0.490 e. The zero-order chi connectivity index (χ0) is 18.7. The van der Waals surface area contributed by atoms with E-state index in [2.05, 4.69) is 39.7 Å². The van der Waals surface area contributed by atoms with Crippen molar-refractivity contribution in [1.29, 1.82) is 0 Å². The van der Waals surface area contributed by atoms with Crippen molar-refractivity contribution < 1.29 is 14.3 Å². The van der Waals surface area contributed by atoms with Gasteiger partial charge in [-0.15, -0.1) is 0 Å². The van der Waals surface area contributed by atoms with Crippen LogP contribution in [-0.4, -0.2) is 35.1 Å². The number of fused-ring (bicyclic) bond motifs is 1. The van der Waals surface area contributed by atoms with Gasteiger partial charge in [0.1, 0.15) is 0 Å². The van der Waals surface area contributed by atoms with Gasteiger partial charge in [-0.25, -0.2) is 0 Å². The molecule has 0 saturated carbocycles. The average Bonchev–Trinajstić information content (AvgIpc) is 3.09. The van der Waals surface area contributed by atoms with E-state index in [1.54, 1.807) is 0 Å². The molecule has 1 unspecified atom stereocenters. The molecular formula is C20H25BrN2O3. The van der Waals surface area contributed by atoms with Crippen LogP contribution in [0.15, 0.2) is 34.9 Å². The molecule has 6 heteroatoms. The Morgan fingerprint density at radius 1 is 1.19 bits per heavy atom. The molecule has 140 valence electrons. The first-order valence-corrected chi connectivity index (χ1v) is 9.87. The highest BCUT2D eigenvalue weighted by Gasteiger charge is 2.27. The summed E-state index contributed by atoms with van der Waals surface area (Å²) in [6.45, 7) is 8.65. The fourth-order valence-electron chi connectivity index (χ4n) is 3.43. The predicted octanol–water partition coefficient (Wildman–Crippen LogP) is 4.19. The van der Waals surface area contributed by atoms with Gasteiger partial charge in [-0.3, -0.25) is 4.79 Å². The summed E-state index contributed by atoms with van der Waals surface area (Å²) in [5, 5.41) is 0. The molecule has 0 bridgehead atoms. The van der Waals surface area contributed by atoms with Crippen LogP contribution in [0.3, 0.4) is 0 Å². The lowest BCUT2D eigenvalue weighted by atomic mass is 10.1. The molecule has 1 atom stereocenters. The van der Waals surface area contributed by atoms with Gasteiger partial charge in [-0.2, -0.15) is 0 Å². The molecule has 2 aromatic rings. The van der Waals surface area contributed by atoms with Crippen molar-refractivity contribution in [3.8, 4) is 11.5 Å². The maximum Gasteiger partial charge on any atom is 0.227 e. The van der Waals surface area contributed by atoms with Crippen LogP contribution in [0.1, 0.15) is 38.1 Å². The molecule has 1 aliphatic heterocycles. The summed E-state index contributed by atoms with van der Waals surface area (Å²) in [7, 11) is 0. The number of carbonyl (C=O) groups excluding carboxylic acids is 1. The largest absolute Gasteiger partial charge is 0.490 e. The first-order valence-electron chi connectivity index (χ1n) is 9.07. The number of ether oxygens (including phenoxy) is 2. The van der Waals surface area contributed by atoms with Crippen LogP contribution in [0, 0.1) is 0 Å². The number of hydrogen-bond acceptors (Lipinski definition) is 3. The van der Waals surface area contributed by atoms with Crippen molar-refractivity contribution in [2.75, 3.05) is 19.8 Å². The van der Waals surface area contributed by atoms with E-state index < -0.39 is 0 Å². The molecule has 26 heavy (non-hydrogen) atoms. The zero-order valence-corrected chi connectivity index (χ0v) is 17.1. The van der Waals surface area contributed by atoms with Gasteiger partial charge in [0.15, 0.2) is 11.5 Å². The first kappa shape index (κ1) is 18.8. The minimum atomic E-state index is 0.0825. The number of rotatable bonds is 6. The zero-order valence-electron chi connectivity index (χ0n) is 15.5. The molecule has 1 amide bonds. The van der Waals surface area contributed by atoms with Crippen molar-refractivity contribution in [1.82, 2.24) is 9.47 Å². The van der Waals surface area contributed by atoms with Crippen LogP contribution in [0.2, 0.25) is 0 Å². The number of nitrogens with zero attached hydrogens (tertiary/aromatic N) is 2. The van der Waals surface area contributed by atoms with E-state index >= 15 is 0 Å². The lowest BCUT2D eigenvalue weighted by Crippen LogP contribution is -2.41. The fourth-order valence-corrected chi connectivity index (χ4v) is 3.90. The molecular weight excluding hydrogens is 396 g/mol. The normalized spacial score (nSPS) is 16.3. The summed E-state index contributed by atoms with van der Waals surface area (Å²) in [5.74, 6) is 1.50. The van der Waals surface area contributed by atoms with Gasteiger partial charge < -0.3 is 18.9 Å². The second-order valence-electron chi connectivity index (χ2n) is 6.32. The van der Waals surface area contributed by atoms with Crippen molar-refractivity contribution in [3.05, 3.63) is 46.2 Å². The third-order valence-electron chi connectivity index (χ3n) is 4.72. The lowest BCUT2D eigenvalue weighted by Gasteiger charge is -2.35. The highest BCUT2D eigenvalue weighted by atomic mass is 79.9. The Kier molecular flexibility index (Phi) is 5.91. The van der Waals surface area contributed by atoms with Crippen LogP contribution in [0.25, 0.3) is 0 Å². The summed E-state index contributed by atoms with van der Waals surface area (Å²) < 4.78 is 14.4. The standard InChI is InChI=1S/C20H25BrN2O3/c1-4-25-18-11-15(16(21)13-19(18)26-5-2)12-20(24)23-10-9-22-8-6-7-17(22)14(23)3/h6-8,11,13-14H,4-5,9-10,12H2,1-3H3. The third kappa shape index (κ3) is 3.75. The van der Waals surface area contributed by atoms with Gasteiger partial charge in [0.2, 0.25) is 5.91 Å². The molecule has 2 heterocycles. The Morgan fingerprint density at radius 3 is 2.58 bits per heavy atom. The number of halogens is 1. The highest BCUT2D eigenvalue weighted by Crippen LogP contribution is 2.35. The topological polar surface area (TPSA) is 43.7 Å². The summed E-state index contributed by atoms with van der Waals surface area (Å²) in [6.07, 6.45) is 2.41. The number of hydrogen-bond donors (Lipinski definition) is 0.